The molecule has 130 valence electrons. The number of nitrogens with one attached hydrogen (secondary N) is 1. The molecule has 2 saturated carbocycles. The van der Waals surface area contributed by atoms with Gasteiger partial charge in [0.05, 0.1) is 0 Å². The maximum atomic E-state index is 10.3. The summed E-state index contributed by atoms with van der Waals surface area (Å²) >= 11 is 0. The number of fused-ring (bicyclic) bond motifs is 2. The number of piperidine rings is 1. The van der Waals surface area contributed by atoms with Crippen LogP contribution in [0.3, 0.4) is 0 Å². The number of nitrogens with zero attached hydrogens (tertiary/aromatic N) is 3. The van der Waals surface area contributed by atoms with Crippen LogP contribution in [0.2, 0.25) is 0 Å². The average Bonchev–Trinajstić information content (AvgIpc) is 2.68. The second-order valence-electron chi connectivity index (χ2n) is 8.30. The zero-order valence-corrected chi connectivity index (χ0v) is 14.9. The SMILES string of the molecule is N#C[C@]12CCCC[C@@H]1C[C@@H]1CCCC[C@@]1(C#N)[NH+]2Cc1cccnc1. The Morgan fingerprint density at radius 2 is 1.68 bits per heavy atom. The van der Waals surface area contributed by atoms with Crippen molar-refractivity contribution in [2.24, 2.45) is 11.8 Å². The molecule has 0 bridgehead atoms. The van der Waals surface area contributed by atoms with Crippen molar-refractivity contribution in [2.45, 2.75) is 75.4 Å². The number of quaternary nitrogens is 1. The van der Waals surface area contributed by atoms with Gasteiger partial charge in [0.15, 0.2) is 11.1 Å². The second kappa shape index (κ2) is 6.43. The Balaban J connectivity index is 1.81. The molecule has 4 rings (SSSR count). The molecule has 4 heteroatoms. The van der Waals surface area contributed by atoms with E-state index in [1.807, 2.05) is 12.3 Å². The number of pyridine rings is 1. The lowest BCUT2D eigenvalue weighted by Crippen LogP contribution is -3.28. The molecule has 0 radical (unpaired) electrons. The van der Waals surface area contributed by atoms with Gasteiger partial charge >= 0.3 is 0 Å². The molecule has 1 N–H and O–H groups in total. The third kappa shape index (κ3) is 2.47. The van der Waals surface area contributed by atoms with E-state index in [2.05, 4.69) is 23.2 Å². The van der Waals surface area contributed by atoms with E-state index in [0.717, 1.165) is 57.1 Å². The predicted molar refractivity (Wildman–Crippen MR) is 94.1 cm³/mol. The molecule has 25 heavy (non-hydrogen) atoms. The van der Waals surface area contributed by atoms with Gasteiger partial charge < -0.3 is 0 Å². The minimum absolute atomic E-state index is 0.391. The highest BCUT2D eigenvalue weighted by atomic mass is 15.3. The van der Waals surface area contributed by atoms with Gasteiger partial charge in [-0.15, -0.1) is 0 Å². The van der Waals surface area contributed by atoms with Gasteiger partial charge in [-0.1, -0.05) is 18.9 Å². The lowest BCUT2D eigenvalue weighted by molar-refractivity contribution is -1.01. The van der Waals surface area contributed by atoms with Crippen LogP contribution in [-0.2, 0) is 6.54 Å². The Hall–Kier alpha value is -1.91. The van der Waals surface area contributed by atoms with Gasteiger partial charge in [0.25, 0.3) is 0 Å². The molecule has 5 atom stereocenters. The number of nitriles is 2. The summed E-state index contributed by atoms with van der Waals surface area (Å²) in [5.74, 6) is 0.894. The Labute approximate surface area is 150 Å². The molecule has 3 aliphatic rings. The molecule has 1 saturated heterocycles. The van der Waals surface area contributed by atoms with E-state index in [1.54, 1.807) is 6.20 Å². The zero-order chi connectivity index (χ0) is 17.3. The van der Waals surface area contributed by atoms with Crippen molar-refractivity contribution < 1.29 is 4.90 Å². The van der Waals surface area contributed by atoms with Crippen LogP contribution in [0.1, 0.15) is 63.4 Å². The van der Waals surface area contributed by atoms with E-state index in [0.29, 0.717) is 11.8 Å². The molecule has 1 unspecified atom stereocenters. The molecule has 1 aliphatic heterocycles. The molecule has 2 aliphatic carbocycles. The van der Waals surface area contributed by atoms with Crippen molar-refractivity contribution >= 4 is 0 Å². The van der Waals surface area contributed by atoms with Gasteiger partial charge in [-0.2, -0.15) is 10.5 Å². The Morgan fingerprint density at radius 1 is 1.04 bits per heavy atom. The highest BCUT2D eigenvalue weighted by molar-refractivity contribution is 5.19. The summed E-state index contributed by atoms with van der Waals surface area (Å²) in [6.07, 6.45) is 13.7. The predicted octanol–water partition coefficient (Wildman–Crippen LogP) is 2.78. The van der Waals surface area contributed by atoms with Crippen LogP contribution >= 0.6 is 0 Å². The summed E-state index contributed by atoms with van der Waals surface area (Å²) in [4.78, 5) is 5.52. The Morgan fingerprint density at radius 3 is 2.20 bits per heavy atom. The summed E-state index contributed by atoms with van der Waals surface area (Å²) < 4.78 is 0. The molecule has 0 spiro atoms. The van der Waals surface area contributed by atoms with Crippen LogP contribution in [0.25, 0.3) is 0 Å². The fourth-order valence-electron chi connectivity index (χ4n) is 6.12. The highest BCUT2D eigenvalue weighted by Crippen LogP contribution is 2.47. The third-order valence-corrected chi connectivity index (χ3v) is 7.29. The smallest absolute Gasteiger partial charge is 0.189 e. The van der Waals surface area contributed by atoms with E-state index < -0.39 is 11.1 Å². The molecular formula is C21H27N4+. The number of aromatic nitrogens is 1. The van der Waals surface area contributed by atoms with Gasteiger partial charge in [-0.25, -0.2) is 0 Å². The van der Waals surface area contributed by atoms with E-state index in [9.17, 15) is 10.5 Å². The maximum absolute atomic E-state index is 10.3. The van der Waals surface area contributed by atoms with Gasteiger partial charge in [0.2, 0.25) is 0 Å². The fraction of sp³-hybridized carbons (Fsp3) is 0.667. The summed E-state index contributed by atoms with van der Waals surface area (Å²) in [5, 5.41) is 20.7. The number of hydrogen-bond donors (Lipinski definition) is 1. The van der Waals surface area contributed by atoms with Crippen LogP contribution in [0.4, 0.5) is 0 Å². The van der Waals surface area contributed by atoms with E-state index in [4.69, 9.17) is 0 Å². The fourth-order valence-corrected chi connectivity index (χ4v) is 6.12. The first-order chi connectivity index (χ1) is 12.2. The van der Waals surface area contributed by atoms with Crippen LogP contribution < -0.4 is 4.90 Å². The maximum Gasteiger partial charge on any atom is 0.189 e. The minimum atomic E-state index is -0.391. The topological polar surface area (TPSA) is 64.9 Å². The molecule has 1 aromatic rings. The molecule has 0 amide bonds. The summed E-state index contributed by atoms with van der Waals surface area (Å²) in [6.45, 7) is 0.752. The van der Waals surface area contributed by atoms with Crippen LogP contribution in [0, 0.1) is 34.5 Å². The number of hydrogen-bond acceptors (Lipinski definition) is 3. The molecular weight excluding hydrogens is 308 g/mol. The monoisotopic (exact) mass is 335 g/mol. The highest BCUT2D eigenvalue weighted by Gasteiger charge is 2.65. The minimum Gasteiger partial charge on any atom is -0.297 e. The van der Waals surface area contributed by atoms with Crippen molar-refractivity contribution in [3.63, 3.8) is 0 Å². The van der Waals surface area contributed by atoms with Crippen LogP contribution in [0.5, 0.6) is 0 Å². The van der Waals surface area contributed by atoms with Crippen LogP contribution in [-0.4, -0.2) is 16.1 Å². The molecule has 1 aromatic heterocycles. The van der Waals surface area contributed by atoms with Gasteiger partial charge in [-0.3, -0.25) is 9.88 Å². The molecule has 4 nitrogen and oxygen atoms in total. The van der Waals surface area contributed by atoms with E-state index in [1.165, 1.54) is 17.7 Å². The van der Waals surface area contributed by atoms with E-state index >= 15 is 0 Å². The summed E-state index contributed by atoms with van der Waals surface area (Å²) in [5.41, 5.74) is 0.368. The molecule has 2 heterocycles. The largest absolute Gasteiger partial charge is 0.297 e. The lowest BCUT2D eigenvalue weighted by atomic mass is 9.57. The summed E-state index contributed by atoms with van der Waals surface area (Å²) in [6, 6.07) is 9.61. The van der Waals surface area contributed by atoms with Crippen molar-refractivity contribution in [3.8, 4) is 12.1 Å². The number of rotatable bonds is 2. The average molecular weight is 335 g/mol. The Kier molecular flexibility index (Phi) is 4.26. The van der Waals surface area contributed by atoms with E-state index in [-0.39, 0.29) is 0 Å². The van der Waals surface area contributed by atoms with Crippen molar-refractivity contribution in [3.05, 3.63) is 30.1 Å². The Bertz CT molecular complexity index is 663. The van der Waals surface area contributed by atoms with Crippen molar-refractivity contribution in [2.75, 3.05) is 0 Å². The standard InChI is InChI=1S/C21H26N4/c22-15-20-9-3-1-7-18(20)12-19-8-2-4-10-21(19,16-23)25(20)14-17-6-5-11-24-13-17/h5-6,11,13,18-19H,1-4,7-10,12,14H2/p+1/t18-,19+,20-,21+. The lowest BCUT2D eigenvalue weighted by Gasteiger charge is -2.58. The first kappa shape index (κ1) is 16.6. The first-order valence-electron chi connectivity index (χ1n) is 9.83. The zero-order valence-electron chi connectivity index (χ0n) is 14.9. The van der Waals surface area contributed by atoms with Gasteiger partial charge in [0.1, 0.15) is 18.7 Å². The van der Waals surface area contributed by atoms with Crippen LogP contribution in [0.15, 0.2) is 24.5 Å². The van der Waals surface area contributed by atoms with Crippen molar-refractivity contribution in [1.82, 2.24) is 4.98 Å². The normalized spacial score (nSPS) is 40.2. The van der Waals surface area contributed by atoms with Crippen molar-refractivity contribution in [1.29, 1.82) is 10.5 Å². The van der Waals surface area contributed by atoms with Gasteiger partial charge in [-0.05, 0) is 38.2 Å². The number of likely N-dealkylation sites (tertiary alicyclic amines) is 1. The van der Waals surface area contributed by atoms with Gasteiger partial charge in [0, 0.05) is 42.6 Å². The third-order valence-electron chi connectivity index (χ3n) is 7.29. The molecule has 0 aromatic carbocycles. The summed E-state index contributed by atoms with van der Waals surface area (Å²) in [7, 11) is 0. The molecule has 3 fully saturated rings. The quantitative estimate of drug-likeness (QED) is 0.904. The second-order valence-corrected chi connectivity index (χ2v) is 8.30. The first-order valence-corrected chi connectivity index (χ1v) is 9.83.